The first-order chi connectivity index (χ1) is 29.9. The minimum atomic E-state index is -0.283. The zero-order valence-electron chi connectivity index (χ0n) is 33.6. The minimum absolute atomic E-state index is 0.283. The van der Waals surface area contributed by atoms with Crippen molar-refractivity contribution < 1.29 is 0 Å². The van der Waals surface area contributed by atoms with Gasteiger partial charge in [-0.15, -0.1) is 0 Å². The van der Waals surface area contributed by atoms with E-state index in [2.05, 4.69) is 158 Å². The predicted octanol–water partition coefficient (Wildman–Crippen LogP) is 13.8. The molecule has 0 atom stereocenters. The molecule has 0 spiro atoms. The van der Waals surface area contributed by atoms with E-state index in [4.69, 9.17) is 15.0 Å². The van der Waals surface area contributed by atoms with E-state index in [9.17, 15) is 5.26 Å². The first kappa shape index (κ1) is 36.0. The quantitative estimate of drug-likeness (QED) is 0.157. The summed E-state index contributed by atoms with van der Waals surface area (Å²) in [5.74, 6) is 1.80. The van der Waals surface area contributed by atoms with Crippen molar-refractivity contribution in [2.24, 2.45) is 0 Å². The van der Waals surface area contributed by atoms with Crippen LogP contribution in [-0.4, -0.2) is 19.9 Å². The van der Waals surface area contributed by atoms with Crippen LogP contribution in [-0.2, 0) is 5.41 Å². The smallest absolute Gasteiger partial charge is 0.165 e. The third kappa shape index (κ3) is 6.08. The molecule has 61 heavy (non-hydrogen) atoms. The maximum atomic E-state index is 9.73. The van der Waals surface area contributed by atoms with E-state index in [1.165, 1.54) is 27.8 Å². The monoisotopic (exact) mass is 779 g/mol. The molecular formula is C56H37N5. The SMILES string of the molecule is CC1(C)c2cc(C#N)ccc2-c2ccc(-c3cc(-c4ccncc4)cc(-c4nc(-c5ccccc5)nc(-c5c6ccccc6c(-c6ccccc6)c6ccccc56)n4)c3)cc21. The Morgan fingerprint density at radius 3 is 1.51 bits per heavy atom. The molecule has 2 aromatic heterocycles. The van der Waals surface area contributed by atoms with E-state index in [0.717, 1.165) is 66.1 Å². The summed E-state index contributed by atoms with van der Waals surface area (Å²) in [6.45, 7) is 4.50. The van der Waals surface area contributed by atoms with E-state index < -0.39 is 0 Å². The molecule has 5 heteroatoms. The molecule has 0 fully saturated rings. The van der Waals surface area contributed by atoms with Crippen molar-refractivity contribution in [2.75, 3.05) is 0 Å². The highest BCUT2D eigenvalue weighted by Gasteiger charge is 2.36. The van der Waals surface area contributed by atoms with Gasteiger partial charge in [-0.3, -0.25) is 4.98 Å². The molecule has 286 valence electrons. The van der Waals surface area contributed by atoms with E-state index >= 15 is 0 Å². The van der Waals surface area contributed by atoms with Gasteiger partial charge < -0.3 is 0 Å². The first-order valence-corrected chi connectivity index (χ1v) is 20.5. The largest absolute Gasteiger partial charge is 0.265 e. The van der Waals surface area contributed by atoms with Crippen LogP contribution in [0.5, 0.6) is 0 Å². The van der Waals surface area contributed by atoms with E-state index in [1.807, 2.05) is 54.9 Å². The fourth-order valence-corrected chi connectivity index (χ4v) is 9.24. The molecule has 0 radical (unpaired) electrons. The Balaban J connectivity index is 1.16. The second kappa shape index (κ2) is 14.3. The number of hydrogen-bond acceptors (Lipinski definition) is 5. The van der Waals surface area contributed by atoms with Crippen LogP contribution in [0, 0.1) is 11.3 Å². The zero-order valence-corrected chi connectivity index (χ0v) is 33.6. The van der Waals surface area contributed by atoms with Crippen LogP contribution in [0.4, 0.5) is 0 Å². The molecule has 0 bridgehead atoms. The summed E-state index contributed by atoms with van der Waals surface area (Å²) in [6.07, 6.45) is 3.66. The number of nitriles is 1. The van der Waals surface area contributed by atoms with Gasteiger partial charge in [-0.25, -0.2) is 15.0 Å². The second-order valence-corrected chi connectivity index (χ2v) is 16.2. The molecule has 0 unspecified atom stereocenters. The molecular weight excluding hydrogens is 743 g/mol. The highest BCUT2D eigenvalue weighted by molar-refractivity contribution is 6.20. The Hall–Kier alpha value is -8.07. The second-order valence-electron chi connectivity index (χ2n) is 16.2. The maximum absolute atomic E-state index is 9.73. The van der Waals surface area contributed by atoms with Gasteiger partial charge in [0.15, 0.2) is 17.5 Å². The third-order valence-corrected chi connectivity index (χ3v) is 12.2. The van der Waals surface area contributed by atoms with Gasteiger partial charge in [0.2, 0.25) is 0 Å². The number of nitrogens with zero attached hydrogens (tertiary/aromatic N) is 5. The normalized spacial score (nSPS) is 12.5. The van der Waals surface area contributed by atoms with E-state index in [-0.39, 0.29) is 5.41 Å². The van der Waals surface area contributed by atoms with E-state index in [0.29, 0.717) is 23.0 Å². The molecule has 5 nitrogen and oxygen atoms in total. The van der Waals surface area contributed by atoms with Crippen LogP contribution in [0.25, 0.3) is 100 Å². The van der Waals surface area contributed by atoms with Gasteiger partial charge in [-0.05, 0) is 126 Å². The van der Waals surface area contributed by atoms with Crippen molar-refractivity contribution in [2.45, 2.75) is 19.3 Å². The van der Waals surface area contributed by atoms with Crippen molar-refractivity contribution in [3.05, 3.63) is 205 Å². The Morgan fingerprint density at radius 2 is 0.885 bits per heavy atom. The van der Waals surface area contributed by atoms with E-state index in [1.54, 1.807) is 0 Å². The summed E-state index contributed by atoms with van der Waals surface area (Å²) >= 11 is 0. The van der Waals surface area contributed by atoms with Crippen molar-refractivity contribution in [3.63, 3.8) is 0 Å². The van der Waals surface area contributed by atoms with Gasteiger partial charge in [-0.2, -0.15) is 5.26 Å². The molecule has 1 aliphatic carbocycles. The third-order valence-electron chi connectivity index (χ3n) is 12.2. The number of pyridine rings is 1. The molecule has 0 N–H and O–H groups in total. The highest BCUT2D eigenvalue weighted by atomic mass is 15.0. The number of hydrogen-bond donors (Lipinski definition) is 0. The molecule has 1 aliphatic rings. The van der Waals surface area contributed by atoms with Gasteiger partial charge in [0.1, 0.15) is 0 Å². The van der Waals surface area contributed by atoms with Crippen LogP contribution < -0.4 is 0 Å². The average Bonchev–Trinajstić information content (AvgIpc) is 3.55. The Kier molecular flexibility index (Phi) is 8.47. The molecule has 2 heterocycles. The first-order valence-electron chi connectivity index (χ1n) is 20.5. The summed E-state index contributed by atoms with van der Waals surface area (Å²) in [4.78, 5) is 20.3. The minimum Gasteiger partial charge on any atom is -0.265 e. The number of rotatable bonds is 6. The Bertz CT molecular complexity index is 3330. The molecule has 8 aromatic carbocycles. The van der Waals surface area contributed by atoms with Crippen molar-refractivity contribution in [3.8, 4) is 84.7 Å². The number of aromatic nitrogens is 4. The van der Waals surface area contributed by atoms with Crippen LogP contribution in [0.15, 0.2) is 188 Å². The molecule has 0 amide bonds. The fraction of sp³-hybridized carbons (Fsp3) is 0.0536. The fourth-order valence-electron chi connectivity index (χ4n) is 9.24. The summed E-state index contributed by atoms with van der Waals surface area (Å²) in [5.41, 5.74) is 14.5. The lowest BCUT2D eigenvalue weighted by molar-refractivity contribution is 0.660. The summed E-state index contributed by atoms with van der Waals surface area (Å²) < 4.78 is 0. The van der Waals surface area contributed by atoms with Gasteiger partial charge in [0.25, 0.3) is 0 Å². The lowest BCUT2D eigenvalue weighted by atomic mass is 9.81. The van der Waals surface area contributed by atoms with Crippen molar-refractivity contribution in [1.82, 2.24) is 19.9 Å². The van der Waals surface area contributed by atoms with Gasteiger partial charge in [-0.1, -0.05) is 141 Å². The predicted molar refractivity (Wildman–Crippen MR) is 248 cm³/mol. The zero-order chi connectivity index (χ0) is 41.1. The molecule has 11 rings (SSSR count). The molecule has 10 aromatic rings. The number of benzene rings is 8. The van der Waals surface area contributed by atoms with Crippen molar-refractivity contribution in [1.29, 1.82) is 5.26 Å². The standard InChI is InChI=1S/C56H37N5/c1-56(2)49-29-35(34-57)21-23-43(49)44-24-22-39(33-50(44)56)41-30-40(36-25-27-58-28-26-36)31-42(32-41)54-59-53(38-15-7-4-8-16-38)60-55(61-54)52-47-19-11-9-17-45(47)51(37-13-5-3-6-14-37)46-18-10-12-20-48(46)52/h3-33H,1-2H3. The summed E-state index contributed by atoms with van der Waals surface area (Å²) in [5, 5.41) is 14.2. The highest BCUT2D eigenvalue weighted by Crippen LogP contribution is 2.50. The average molecular weight is 780 g/mol. The Morgan fingerprint density at radius 1 is 0.393 bits per heavy atom. The summed E-state index contributed by atoms with van der Waals surface area (Å²) in [6, 6.07) is 63.8. The summed E-state index contributed by atoms with van der Waals surface area (Å²) in [7, 11) is 0. The maximum Gasteiger partial charge on any atom is 0.165 e. The Labute approximate surface area is 354 Å². The lowest BCUT2D eigenvalue weighted by Crippen LogP contribution is -2.15. The van der Waals surface area contributed by atoms with Gasteiger partial charge >= 0.3 is 0 Å². The molecule has 0 saturated carbocycles. The molecule has 0 aliphatic heterocycles. The number of fused-ring (bicyclic) bond motifs is 5. The van der Waals surface area contributed by atoms with Crippen LogP contribution in [0.3, 0.4) is 0 Å². The van der Waals surface area contributed by atoms with Gasteiger partial charge in [0, 0.05) is 34.5 Å². The van der Waals surface area contributed by atoms with Crippen LogP contribution in [0.2, 0.25) is 0 Å². The topological polar surface area (TPSA) is 75.3 Å². The van der Waals surface area contributed by atoms with Crippen LogP contribution in [0.1, 0.15) is 30.5 Å². The van der Waals surface area contributed by atoms with Crippen molar-refractivity contribution >= 4 is 21.5 Å². The van der Waals surface area contributed by atoms with Crippen LogP contribution >= 0.6 is 0 Å². The lowest BCUT2D eigenvalue weighted by Gasteiger charge is -2.22. The molecule has 0 saturated heterocycles. The van der Waals surface area contributed by atoms with Gasteiger partial charge in [0.05, 0.1) is 11.6 Å².